The molecule has 1 saturated carbocycles. The molecule has 2 aromatic heterocycles. The lowest BCUT2D eigenvalue weighted by molar-refractivity contribution is -0.120. The number of amides is 1. The summed E-state index contributed by atoms with van der Waals surface area (Å²) in [6.07, 6.45) is 8.93. The number of methoxy groups -OCH3 is 1. The van der Waals surface area contributed by atoms with Crippen LogP contribution in [0.4, 0.5) is 23.1 Å². The molecule has 0 unspecified atom stereocenters. The maximum absolute atomic E-state index is 13.2. The van der Waals surface area contributed by atoms with Gasteiger partial charge in [0.25, 0.3) is 0 Å². The summed E-state index contributed by atoms with van der Waals surface area (Å²) >= 11 is 0. The number of carbonyl (C=O) groups is 1. The molecule has 2 atom stereocenters. The molecule has 1 saturated heterocycles. The second-order valence-corrected chi connectivity index (χ2v) is 11.1. The average molecular weight is 563 g/mol. The molecule has 1 aromatic carbocycles. The molecule has 218 valence electrons. The topological polar surface area (TPSA) is 133 Å². The minimum Gasteiger partial charge on any atom is -0.495 e. The summed E-state index contributed by atoms with van der Waals surface area (Å²) in [5, 5.41) is 21.4. The van der Waals surface area contributed by atoms with E-state index in [9.17, 15) is 9.90 Å². The summed E-state index contributed by atoms with van der Waals surface area (Å²) in [6.45, 7) is 3.61. The number of hydrogen-bond acceptors (Lipinski definition) is 11. The molecule has 0 bridgehead atoms. The number of benzene rings is 1. The highest BCUT2D eigenvalue weighted by Gasteiger charge is 2.41. The first-order valence-corrected chi connectivity index (χ1v) is 14.6. The largest absolute Gasteiger partial charge is 0.495 e. The monoisotopic (exact) mass is 562 g/mol. The van der Waals surface area contributed by atoms with Crippen LogP contribution in [0, 0.1) is 0 Å². The fraction of sp³-hybridized carbons (Fsp3) is 0.552. The Labute approximate surface area is 239 Å². The summed E-state index contributed by atoms with van der Waals surface area (Å²) in [7, 11) is 3.40. The van der Waals surface area contributed by atoms with Crippen molar-refractivity contribution in [2.75, 3.05) is 42.4 Å². The van der Waals surface area contributed by atoms with Crippen LogP contribution in [0.1, 0.15) is 57.8 Å². The summed E-state index contributed by atoms with van der Waals surface area (Å²) in [4.78, 5) is 28.7. The summed E-state index contributed by atoms with van der Waals surface area (Å²) in [5.41, 5.74) is 2.15. The zero-order valence-corrected chi connectivity index (χ0v) is 23.9. The van der Waals surface area contributed by atoms with Crippen LogP contribution in [-0.2, 0) is 11.3 Å². The Morgan fingerprint density at radius 3 is 2.76 bits per heavy atom. The molecule has 1 amide bonds. The zero-order valence-electron chi connectivity index (χ0n) is 23.9. The molecular formula is C29H38N8O4. The van der Waals surface area contributed by atoms with Crippen molar-refractivity contribution >= 4 is 29.0 Å². The smallest absolute Gasteiger partial charge is 0.249 e. The fourth-order valence-corrected chi connectivity index (χ4v) is 6.41. The maximum atomic E-state index is 13.2. The second kappa shape index (κ2) is 11.6. The van der Waals surface area contributed by atoms with Crippen molar-refractivity contribution in [3.05, 3.63) is 30.3 Å². The van der Waals surface area contributed by atoms with Crippen molar-refractivity contribution in [2.45, 2.75) is 76.5 Å². The van der Waals surface area contributed by atoms with E-state index >= 15 is 0 Å². The third-order valence-electron chi connectivity index (χ3n) is 8.62. The molecule has 3 aliphatic rings. The molecule has 0 radical (unpaired) electrons. The van der Waals surface area contributed by atoms with Crippen LogP contribution in [0.3, 0.4) is 0 Å². The third kappa shape index (κ3) is 5.21. The number of nitrogens with zero attached hydrogens (tertiary/aromatic N) is 7. The number of likely N-dealkylation sites (N-methyl/N-ethyl adjacent to an activating group) is 1. The van der Waals surface area contributed by atoms with Crippen molar-refractivity contribution in [1.29, 1.82) is 0 Å². The van der Waals surface area contributed by atoms with E-state index < -0.39 is 0 Å². The summed E-state index contributed by atoms with van der Waals surface area (Å²) in [5.74, 6) is 2.81. The van der Waals surface area contributed by atoms with Crippen molar-refractivity contribution in [1.82, 2.24) is 25.1 Å². The number of likely N-dealkylation sites (tertiary alicyclic amines) is 1. The highest BCUT2D eigenvalue weighted by molar-refractivity contribution is 6.04. The Hall–Kier alpha value is -3.77. The lowest BCUT2D eigenvalue weighted by atomic mass is 10.0. The molecular weight excluding hydrogens is 524 g/mol. The standard InChI is InChI=1S/C29H38N8O4/c1-4-22-28(39)35(2)23-15-30-29(32-26(23)37(22)19-8-5-6-9-19)31-21-12-11-18(14-24(21)40-3)27-34-33-25(41-27)16-36-13-7-10-20(36)17-38/h11-12,14-15,19-20,22,38H,4-10,13,16-17H2,1-3H3,(H,30,31,32)/t20-,22-/m1/s1. The number of nitrogens with one attached hydrogen (secondary N) is 1. The highest BCUT2D eigenvalue weighted by Crippen LogP contribution is 2.40. The molecule has 2 fully saturated rings. The van der Waals surface area contributed by atoms with Crippen molar-refractivity contribution < 1.29 is 19.1 Å². The van der Waals surface area contributed by atoms with E-state index in [-0.39, 0.29) is 24.6 Å². The molecule has 12 nitrogen and oxygen atoms in total. The third-order valence-corrected chi connectivity index (χ3v) is 8.62. The van der Waals surface area contributed by atoms with E-state index in [1.54, 1.807) is 25.3 Å². The van der Waals surface area contributed by atoms with Crippen LogP contribution in [0.15, 0.2) is 28.8 Å². The predicted molar refractivity (Wildman–Crippen MR) is 154 cm³/mol. The average Bonchev–Trinajstić information content (AvgIpc) is 3.78. The Morgan fingerprint density at radius 2 is 2.00 bits per heavy atom. The van der Waals surface area contributed by atoms with E-state index in [1.165, 1.54) is 12.8 Å². The number of fused-ring (bicyclic) bond motifs is 1. The molecule has 2 N–H and O–H groups in total. The summed E-state index contributed by atoms with van der Waals surface area (Å²) in [6, 6.07) is 5.81. The minimum atomic E-state index is -0.230. The Bertz CT molecular complexity index is 1390. The van der Waals surface area contributed by atoms with Gasteiger partial charge in [-0.15, -0.1) is 10.2 Å². The first-order valence-electron chi connectivity index (χ1n) is 14.6. The van der Waals surface area contributed by atoms with Crippen LogP contribution < -0.4 is 19.9 Å². The van der Waals surface area contributed by atoms with E-state index in [1.807, 2.05) is 18.2 Å². The second-order valence-electron chi connectivity index (χ2n) is 11.1. The van der Waals surface area contributed by atoms with Gasteiger partial charge in [0.05, 0.1) is 32.1 Å². The van der Waals surface area contributed by atoms with Gasteiger partial charge in [-0.3, -0.25) is 9.69 Å². The first-order chi connectivity index (χ1) is 20.0. The molecule has 0 spiro atoms. The molecule has 41 heavy (non-hydrogen) atoms. The van der Waals surface area contributed by atoms with Gasteiger partial charge < -0.3 is 29.4 Å². The Balaban J connectivity index is 1.24. The van der Waals surface area contributed by atoms with Gasteiger partial charge in [0.2, 0.25) is 23.6 Å². The number of aliphatic hydroxyl groups excluding tert-OH is 1. The predicted octanol–water partition coefficient (Wildman–Crippen LogP) is 3.74. The van der Waals surface area contributed by atoms with Gasteiger partial charge in [-0.05, 0) is 56.8 Å². The van der Waals surface area contributed by atoms with E-state index in [0.29, 0.717) is 41.8 Å². The number of aromatic nitrogens is 4. The highest BCUT2D eigenvalue weighted by atomic mass is 16.5. The van der Waals surface area contributed by atoms with Crippen molar-refractivity contribution in [3.8, 4) is 17.2 Å². The SMILES string of the molecule is CC[C@@H]1C(=O)N(C)c2cnc(Nc3ccc(-c4nnc(CN5CCC[C@@H]5CO)o4)cc3OC)nc2N1C1CCCC1. The Morgan fingerprint density at radius 1 is 1.17 bits per heavy atom. The number of ether oxygens (including phenoxy) is 1. The number of aliphatic hydroxyl groups is 1. The van der Waals surface area contributed by atoms with Crippen LogP contribution in [0.5, 0.6) is 5.75 Å². The van der Waals surface area contributed by atoms with Crippen LogP contribution in [0.2, 0.25) is 0 Å². The quantitative estimate of drug-likeness (QED) is 0.395. The van der Waals surface area contributed by atoms with Gasteiger partial charge in [0, 0.05) is 24.7 Å². The van der Waals surface area contributed by atoms with Crippen LogP contribution in [0.25, 0.3) is 11.5 Å². The number of hydrogen-bond donors (Lipinski definition) is 2. The first kappa shape index (κ1) is 27.4. The molecule has 2 aliphatic heterocycles. The van der Waals surface area contributed by atoms with Gasteiger partial charge in [-0.1, -0.05) is 19.8 Å². The van der Waals surface area contributed by atoms with Gasteiger partial charge in [0.1, 0.15) is 17.5 Å². The maximum Gasteiger partial charge on any atom is 0.249 e. The van der Waals surface area contributed by atoms with Crippen molar-refractivity contribution in [3.63, 3.8) is 0 Å². The lowest BCUT2D eigenvalue weighted by Crippen LogP contribution is -2.55. The number of carbonyl (C=O) groups excluding carboxylic acids is 1. The van der Waals surface area contributed by atoms with Gasteiger partial charge in [-0.2, -0.15) is 4.98 Å². The molecule has 1 aliphatic carbocycles. The van der Waals surface area contributed by atoms with E-state index in [0.717, 1.165) is 55.7 Å². The molecule has 12 heteroatoms. The van der Waals surface area contributed by atoms with Crippen LogP contribution in [-0.4, -0.2) is 81.5 Å². The summed E-state index contributed by atoms with van der Waals surface area (Å²) < 4.78 is 11.7. The van der Waals surface area contributed by atoms with Gasteiger partial charge in [-0.25, -0.2) is 4.98 Å². The molecule has 3 aromatic rings. The van der Waals surface area contributed by atoms with Gasteiger partial charge >= 0.3 is 0 Å². The van der Waals surface area contributed by atoms with E-state index in [4.69, 9.17) is 14.1 Å². The van der Waals surface area contributed by atoms with Gasteiger partial charge in [0.15, 0.2) is 5.82 Å². The van der Waals surface area contributed by atoms with E-state index in [2.05, 4.69) is 37.2 Å². The minimum absolute atomic E-state index is 0.0892. The van der Waals surface area contributed by atoms with Crippen LogP contribution >= 0.6 is 0 Å². The fourth-order valence-electron chi connectivity index (χ4n) is 6.41. The zero-order chi connectivity index (χ0) is 28.5. The lowest BCUT2D eigenvalue weighted by Gasteiger charge is -2.43. The number of anilines is 4. The molecule has 4 heterocycles. The van der Waals surface area contributed by atoms with Crippen molar-refractivity contribution in [2.24, 2.45) is 0 Å². The Kier molecular flexibility index (Phi) is 7.76. The number of rotatable bonds is 9. The normalized spacial score (nSPS) is 21.5. The molecule has 6 rings (SSSR count).